The molecule has 7 nitrogen and oxygen atoms in total. The Hall–Kier alpha value is -2.70. The van der Waals surface area contributed by atoms with Crippen LogP contribution in [0.2, 0.25) is 0 Å². The molecule has 7 heteroatoms. The van der Waals surface area contributed by atoms with Crippen molar-refractivity contribution >= 4 is 17.5 Å². The molecule has 27 heavy (non-hydrogen) atoms. The highest BCUT2D eigenvalue weighted by molar-refractivity contribution is 5.92. The lowest BCUT2D eigenvalue weighted by atomic mass is 10.2. The van der Waals surface area contributed by atoms with Crippen molar-refractivity contribution in [3.8, 4) is 0 Å². The van der Waals surface area contributed by atoms with Crippen LogP contribution >= 0.6 is 0 Å². The van der Waals surface area contributed by atoms with Crippen LogP contribution in [0.15, 0.2) is 36.5 Å². The van der Waals surface area contributed by atoms with E-state index in [1.54, 1.807) is 6.07 Å². The molecule has 0 bridgehead atoms. The van der Waals surface area contributed by atoms with Crippen LogP contribution in [0.4, 0.5) is 11.6 Å². The lowest BCUT2D eigenvalue weighted by Crippen LogP contribution is -2.47. The summed E-state index contributed by atoms with van der Waals surface area (Å²) in [5.74, 6) is 1.80. The van der Waals surface area contributed by atoms with E-state index in [-0.39, 0.29) is 5.91 Å². The molecule has 0 radical (unpaired) electrons. The fourth-order valence-corrected chi connectivity index (χ4v) is 3.33. The van der Waals surface area contributed by atoms with Gasteiger partial charge in [0.25, 0.3) is 5.91 Å². The number of anilines is 2. The quantitative estimate of drug-likeness (QED) is 0.748. The maximum absolute atomic E-state index is 12.6. The number of nitrogens with zero attached hydrogens (tertiary/aromatic N) is 6. The van der Waals surface area contributed by atoms with Gasteiger partial charge in [0, 0.05) is 45.5 Å². The zero-order valence-electron chi connectivity index (χ0n) is 16.2. The third-order valence-corrected chi connectivity index (χ3v) is 4.72. The van der Waals surface area contributed by atoms with Crippen LogP contribution in [-0.2, 0) is 0 Å². The average Bonchev–Trinajstić information content (AvgIpc) is 2.74. The Bertz CT molecular complexity index is 707. The molecule has 0 aliphatic carbocycles. The molecule has 3 rings (SSSR count). The zero-order valence-corrected chi connectivity index (χ0v) is 16.2. The van der Waals surface area contributed by atoms with Crippen molar-refractivity contribution in [1.82, 2.24) is 20.1 Å². The molecule has 2 aromatic heterocycles. The minimum absolute atomic E-state index is 0.0299. The van der Waals surface area contributed by atoms with Crippen LogP contribution in [0, 0.1) is 0 Å². The summed E-state index contributed by atoms with van der Waals surface area (Å²) >= 11 is 0. The van der Waals surface area contributed by atoms with E-state index in [0.29, 0.717) is 5.69 Å². The highest BCUT2D eigenvalue weighted by atomic mass is 16.2. The van der Waals surface area contributed by atoms with E-state index in [2.05, 4.69) is 38.8 Å². The number of pyridine rings is 1. The van der Waals surface area contributed by atoms with Crippen LogP contribution in [0.3, 0.4) is 0 Å². The Labute approximate surface area is 161 Å². The lowest BCUT2D eigenvalue weighted by Gasteiger charge is -2.35. The number of hydrogen-bond donors (Lipinski definition) is 0. The second kappa shape index (κ2) is 9.30. The van der Waals surface area contributed by atoms with Gasteiger partial charge >= 0.3 is 0 Å². The fourth-order valence-electron chi connectivity index (χ4n) is 3.33. The summed E-state index contributed by atoms with van der Waals surface area (Å²) in [6.45, 7) is 9.16. The maximum Gasteiger partial charge on any atom is 0.274 e. The second-order valence-electron chi connectivity index (χ2n) is 6.73. The predicted octanol–water partition coefficient (Wildman–Crippen LogP) is 2.46. The van der Waals surface area contributed by atoms with Crippen molar-refractivity contribution < 1.29 is 4.79 Å². The van der Waals surface area contributed by atoms with Gasteiger partial charge in [-0.05, 0) is 37.1 Å². The summed E-state index contributed by atoms with van der Waals surface area (Å²) < 4.78 is 0. The van der Waals surface area contributed by atoms with Crippen molar-refractivity contribution in [2.45, 2.75) is 26.7 Å². The normalized spacial score (nSPS) is 14.3. The summed E-state index contributed by atoms with van der Waals surface area (Å²) in [5.41, 5.74) is 0.424. The SMILES string of the molecule is CCCN(CCC)C(=O)c1ccc(N2CCN(c3ccccn3)CC2)nn1. The third-order valence-electron chi connectivity index (χ3n) is 4.72. The number of piperazine rings is 1. The van der Waals surface area contributed by atoms with Gasteiger partial charge in [-0.15, -0.1) is 10.2 Å². The highest BCUT2D eigenvalue weighted by Crippen LogP contribution is 2.17. The molecule has 144 valence electrons. The molecular formula is C20H28N6O. The van der Waals surface area contributed by atoms with E-state index in [9.17, 15) is 4.79 Å². The van der Waals surface area contributed by atoms with Crippen molar-refractivity contribution in [2.75, 3.05) is 49.1 Å². The molecular weight excluding hydrogens is 340 g/mol. The van der Waals surface area contributed by atoms with Crippen molar-refractivity contribution in [1.29, 1.82) is 0 Å². The third kappa shape index (κ3) is 4.72. The van der Waals surface area contributed by atoms with Gasteiger partial charge in [0.2, 0.25) is 0 Å². The van der Waals surface area contributed by atoms with Gasteiger partial charge in [0.05, 0.1) is 0 Å². The molecule has 2 aromatic rings. The molecule has 0 spiro atoms. The monoisotopic (exact) mass is 368 g/mol. The van der Waals surface area contributed by atoms with E-state index in [4.69, 9.17) is 0 Å². The molecule has 0 atom stereocenters. The largest absolute Gasteiger partial charge is 0.353 e. The Morgan fingerprint density at radius 1 is 0.926 bits per heavy atom. The number of aromatic nitrogens is 3. The Morgan fingerprint density at radius 3 is 2.11 bits per heavy atom. The van der Waals surface area contributed by atoms with Crippen LogP contribution in [-0.4, -0.2) is 65.3 Å². The van der Waals surface area contributed by atoms with Gasteiger partial charge in [-0.2, -0.15) is 0 Å². The van der Waals surface area contributed by atoms with Crippen molar-refractivity contribution in [3.63, 3.8) is 0 Å². The van der Waals surface area contributed by atoms with E-state index in [1.807, 2.05) is 35.4 Å². The molecule has 1 aliphatic heterocycles. The first-order valence-electron chi connectivity index (χ1n) is 9.76. The summed E-state index contributed by atoms with van der Waals surface area (Å²) in [6, 6.07) is 9.69. The van der Waals surface area contributed by atoms with Crippen LogP contribution < -0.4 is 9.80 Å². The Balaban J connectivity index is 1.60. The maximum atomic E-state index is 12.6. The van der Waals surface area contributed by atoms with Crippen LogP contribution in [0.5, 0.6) is 0 Å². The smallest absolute Gasteiger partial charge is 0.274 e. The van der Waals surface area contributed by atoms with E-state index in [0.717, 1.165) is 63.7 Å². The zero-order chi connectivity index (χ0) is 19.1. The minimum atomic E-state index is -0.0299. The van der Waals surface area contributed by atoms with Gasteiger partial charge in [0.15, 0.2) is 11.5 Å². The standard InChI is InChI=1S/C20H28N6O/c1-3-11-26(12-4-2)20(27)17-8-9-19(23-22-17)25-15-13-24(14-16-25)18-7-5-6-10-21-18/h5-10H,3-4,11-16H2,1-2H3. The van der Waals surface area contributed by atoms with E-state index < -0.39 is 0 Å². The molecule has 3 heterocycles. The molecule has 1 saturated heterocycles. The fraction of sp³-hybridized carbons (Fsp3) is 0.500. The topological polar surface area (TPSA) is 65.5 Å². The first-order chi connectivity index (χ1) is 13.2. The summed E-state index contributed by atoms with van der Waals surface area (Å²) in [7, 11) is 0. The summed E-state index contributed by atoms with van der Waals surface area (Å²) in [4.78, 5) is 23.4. The van der Waals surface area contributed by atoms with Crippen LogP contribution in [0.25, 0.3) is 0 Å². The second-order valence-corrected chi connectivity index (χ2v) is 6.73. The molecule has 0 aromatic carbocycles. The summed E-state index contributed by atoms with van der Waals surface area (Å²) in [5, 5.41) is 8.53. The van der Waals surface area contributed by atoms with E-state index in [1.165, 1.54) is 0 Å². The molecule has 1 aliphatic rings. The van der Waals surface area contributed by atoms with Gasteiger partial charge < -0.3 is 14.7 Å². The van der Waals surface area contributed by atoms with E-state index >= 15 is 0 Å². The molecule has 1 fully saturated rings. The first-order valence-corrected chi connectivity index (χ1v) is 9.76. The van der Waals surface area contributed by atoms with Gasteiger partial charge in [-0.1, -0.05) is 19.9 Å². The van der Waals surface area contributed by atoms with Crippen LogP contribution in [0.1, 0.15) is 37.2 Å². The Kier molecular flexibility index (Phi) is 6.57. The average molecular weight is 368 g/mol. The first kappa shape index (κ1) is 19.1. The number of amides is 1. The molecule has 0 N–H and O–H groups in total. The predicted molar refractivity (Wildman–Crippen MR) is 107 cm³/mol. The highest BCUT2D eigenvalue weighted by Gasteiger charge is 2.21. The number of carbonyl (C=O) groups is 1. The minimum Gasteiger partial charge on any atom is -0.353 e. The van der Waals surface area contributed by atoms with Crippen molar-refractivity contribution in [3.05, 3.63) is 42.2 Å². The molecule has 1 amide bonds. The number of rotatable bonds is 7. The van der Waals surface area contributed by atoms with Gasteiger partial charge in [0.1, 0.15) is 5.82 Å². The summed E-state index contributed by atoms with van der Waals surface area (Å²) in [6.07, 6.45) is 3.71. The van der Waals surface area contributed by atoms with Gasteiger partial charge in [-0.3, -0.25) is 4.79 Å². The van der Waals surface area contributed by atoms with Gasteiger partial charge in [-0.25, -0.2) is 4.98 Å². The molecule has 0 saturated carbocycles. The number of carbonyl (C=O) groups excluding carboxylic acids is 1. The molecule has 0 unspecified atom stereocenters. The Morgan fingerprint density at radius 2 is 1.59 bits per heavy atom. The van der Waals surface area contributed by atoms with Crippen molar-refractivity contribution in [2.24, 2.45) is 0 Å². The lowest BCUT2D eigenvalue weighted by molar-refractivity contribution is 0.0748. The number of hydrogen-bond acceptors (Lipinski definition) is 6.